The zero-order valence-corrected chi connectivity index (χ0v) is 15.0. The summed E-state index contributed by atoms with van der Waals surface area (Å²) in [7, 11) is 0. The molecular formula is C18H15ClN4O4. The highest BCUT2D eigenvalue weighted by Gasteiger charge is 2.18. The molecule has 27 heavy (non-hydrogen) atoms. The molecule has 0 saturated heterocycles. The lowest BCUT2D eigenvalue weighted by Crippen LogP contribution is -2.26. The summed E-state index contributed by atoms with van der Waals surface area (Å²) in [4.78, 5) is 27.8. The Morgan fingerprint density at radius 1 is 1.22 bits per heavy atom. The first-order valence-corrected chi connectivity index (χ1v) is 8.40. The van der Waals surface area contributed by atoms with Crippen molar-refractivity contribution in [3.05, 3.63) is 75.4 Å². The third kappa shape index (κ3) is 4.13. The summed E-state index contributed by atoms with van der Waals surface area (Å²) in [5.74, 6) is -0.465. The van der Waals surface area contributed by atoms with Gasteiger partial charge in [-0.1, -0.05) is 11.6 Å². The van der Waals surface area contributed by atoms with E-state index in [0.29, 0.717) is 28.6 Å². The Labute approximate surface area is 159 Å². The first-order chi connectivity index (χ1) is 13.0. The van der Waals surface area contributed by atoms with Gasteiger partial charge >= 0.3 is 0 Å². The molecule has 1 N–H and O–H groups in total. The maximum Gasteiger partial charge on any atom is 0.293 e. The summed E-state index contributed by atoms with van der Waals surface area (Å²) >= 11 is 5.93. The van der Waals surface area contributed by atoms with Crippen LogP contribution in [0.5, 0.6) is 0 Å². The fourth-order valence-electron chi connectivity index (χ4n) is 2.41. The average molecular weight is 387 g/mol. The van der Waals surface area contributed by atoms with E-state index in [1.807, 2.05) is 0 Å². The molecule has 138 valence electrons. The molecule has 0 saturated carbocycles. The smallest absolute Gasteiger partial charge is 0.274 e. The number of carbonyl (C=O) groups excluding carboxylic acids is 1. The number of benzene rings is 2. The van der Waals surface area contributed by atoms with E-state index in [-0.39, 0.29) is 11.4 Å². The van der Waals surface area contributed by atoms with Crippen LogP contribution < -0.4 is 5.48 Å². The van der Waals surface area contributed by atoms with Gasteiger partial charge in [0.1, 0.15) is 5.69 Å². The summed E-state index contributed by atoms with van der Waals surface area (Å²) in [6.07, 6.45) is 0. The van der Waals surface area contributed by atoms with Crippen molar-refractivity contribution in [2.24, 2.45) is 0 Å². The lowest BCUT2D eigenvalue weighted by Gasteiger charge is -2.07. The monoisotopic (exact) mass is 386 g/mol. The minimum absolute atomic E-state index is 0.0230. The second kappa shape index (κ2) is 7.98. The lowest BCUT2D eigenvalue weighted by atomic mass is 10.1. The summed E-state index contributed by atoms with van der Waals surface area (Å²) in [6.45, 7) is 2.06. The number of hydroxylamine groups is 1. The number of nitrogens with zero attached hydrogens (tertiary/aromatic N) is 3. The SMILES string of the molecule is CCONC(=O)c1cc(-c2ccc([N+](=O)[O-])cc2)nn1-c1ccc(Cl)cc1. The van der Waals surface area contributed by atoms with Crippen LogP contribution in [0.2, 0.25) is 5.02 Å². The minimum atomic E-state index is -0.475. The van der Waals surface area contributed by atoms with Gasteiger partial charge in [0, 0.05) is 22.7 Å². The molecule has 0 fully saturated rings. The number of rotatable bonds is 6. The lowest BCUT2D eigenvalue weighted by molar-refractivity contribution is -0.384. The molecular weight excluding hydrogens is 372 g/mol. The summed E-state index contributed by atoms with van der Waals surface area (Å²) in [5, 5.41) is 15.8. The third-order valence-corrected chi connectivity index (χ3v) is 3.95. The standard InChI is InChI=1S/C18H15ClN4O4/c1-2-27-21-18(24)17-11-16(12-3-7-15(8-4-12)23(25)26)20-22(17)14-9-5-13(19)6-10-14/h3-11H,2H2,1H3,(H,21,24). The third-order valence-electron chi connectivity index (χ3n) is 3.70. The van der Waals surface area contributed by atoms with Crippen LogP contribution in [0.15, 0.2) is 54.6 Å². The van der Waals surface area contributed by atoms with Gasteiger partial charge in [0.05, 0.1) is 22.9 Å². The molecule has 3 rings (SSSR count). The quantitative estimate of drug-likeness (QED) is 0.513. The van der Waals surface area contributed by atoms with Crippen molar-refractivity contribution in [1.29, 1.82) is 0 Å². The van der Waals surface area contributed by atoms with E-state index in [1.54, 1.807) is 49.4 Å². The minimum Gasteiger partial charge on any atom is -0.274 e. The zero-order valence-electron chi connectivity index (χ0n) is 14.3. The maximum atomic E-state index is 12.4. The van der Waals surface area contributed by atoms with E-state index in [2.05, 4.69) is 10.6 Å². The number of nitrogens with one attached hydrogen (secondary N) is 1. The summed E-state index contributed by atoms with van der Waals surface area (Å²) in [6, 6.07) is 14.4. The number of nitro benzene ring substituents is 1. The number of non-ortho nitro benzene ring substituents is 1. The predicted molar refractivity (Wildman–Crippen MR) is 99.8 cm³/mol. The van der Waals surface area contributed by atoms with Crippen molar-refractivity contribution in [1.82, 2.24) is 15.3 Å². The van der Waals surface area contributed by atoms with E-state index in [9.17, 15) is 14.9 Å². The Hall–Kier alpha value is -3.23. The van der Waals surface area contributed by atoms with Gasteiger partial charge in [-0.2, -0.15) is 5.10 Å². The van der Waals surface area contributed by atoms with E-state index < -0.39 is 10.8 Å². The van der Waals surface area contributed by atoms with Gasteiger partial charge in [-0.25, -0.2) is 10.2 Å². The van der Waals surface area contributed by atoms with Crippen LogP contribution in [-0.4, -0.2) is 27.2 Å². The normalized spacial score (nSPS) is 10.6. The molecule has 1 aromatic heterocycles. The summed E-state index contributed by atoms with van der Waals surface area (Å²) in [5.41, 5.74) is 4.33. The highest BCUT2D eigenvalue weighted by atomic mass is 35.5. The van der Waals surface area contributed by atoms with Crippen molar-refractivity contribution >= 4 is 23.2 Å². The first kappa shape index (κ1) is 18.6. The fourth-order valence-corrected chi connectivity index (χ4v) is 2.53. The second-order valence-corrected chi connectivity index (χ2v) is 5.91. The van der Waals surface area contributed by atoms with E-state index in [0.717, 1.165) is 0 Å². The van der Waals surface area contributed by atoms with Crippen LogP contribution >= 0.6 is 11.6 Å². The van der Waals surface area contributed by atoms with Crippen LogP contribution in [0.1, 0.15) is 17.4 Å². The van der Waals surface area contributed by atoms with Gasteiger partial charge in [-0.15, -0.1) is 0 Å². The maximum absolute atomic E-state index is 12.4. The molecule has 0 bridgehead atoms. The zero-order chi connectivity index (χ0) is 19.4. The molecule has 0 aliphatic carbocycles. The molecule has 8 nitrogen and oxygen atoms in total. The van der Waals surface area contributed by atoms with E-state index in [1.165, 1.54) is 16.8 Å². The molecule has 3 aromatic rings. The predicted octanol–water partition coefficient (Wildman–Crippen LogP) is 3.78. The number of hydrogen-bond acceptors (Lipinski definition) is 5. The van der Waals surface area contributed by atoms with Crippen LogP contribution in [0.25, 0.3) is 16.9 Å². The summed E-state index contributed by atoms with van der Waals surface area (Å²) < 4.78 is 1.46. The Bertz CT molecular complexity index is 968. The Kier molecular flexibility index (Phi) is 5.49. The fraction of sp³-hybridized carbons (Fsp3) is 0.111. The molecule has 0 radical (unpaired) electrons. The van der Waals surface area contributed by atoms with Gasteiger partial charge in [-0.05, 0) is 49.4 Å². The van der Waals surface area contributed by atoms with Crippen molar-refractivity contribution in [2.45, 2.75) is 6.92 Å². The molecule has 0 unspecified atom stereocenters. The van der Waals surface area contributed by atoms with Crippen LogP contribution in [0.4, 0.5) is 5.69 Å². The molecule has 1 heterocycles. The highest BCUT2D eigenvalue weighted by molar-refractivity contribution is 6.30. The van der Waals surface area contributed by atoms with Crippen molar-refractivity contribution < 1.29 is 14.6 Å². The molecule has 0 atom stereocenters. The highest BCUT2D eigenvalue weighted by Crippen LogP contribution is 2.24. The molecule has 1 amide bonds. The van der Waals surface area contributed by atoms with Crippen molar-refractivity contribution in [3.8, 4) is 16.9 Å². The van der Waals surface area contributed by atoms with E-state index in [4.69, 9.17) is 16.4 Å². The Morgan fingerprint density at radius 3 is 2.48 bits per heavy atom. The molecule has 0 aliphatic heterocycles. The van der Waals surface area contributed by atoms with Crippen molar-refractivity contribution in [3.63, 3.8) is 0 Å². The molecule has 0 spiro atoms. The van der Waals surface area contributed by atoms with Gasteiger partial charge in [-0.3, -0.25) is 19.7 Å². The number of nitro groups is 1. The van der Waals surface area contributed by atoms with Gasteiger partial charge in [0.25, 0.3) is 11.6 Å². The molecule has 9 heteroatoms. The number of halogens is 1. The largest absolute Gasteiger partial charge is 0.293 e. The Morgan fingerprint density at radius 2 is 1.89 bits per heavy atom. The van der Waals surface area contributed by atoms with Crippen LogP contribution in [0, 0.1) is 10.1 Å². The van der Waals surface area contributed by atoms with Gasteiger partial charge < -0.3 is 0 Å². The first-order valence-electron chi connectivity index (χ1n) is 8.02. The number of hydrogen-bond donors (Lipinski definition) is 1. The van der Waals surface area contributed by atoms with Gasteiger partial charge in [0.2, 0.25) is 0 Å². The number of carbonyl (C=O) groups is 1. The van der Waals surface area contributed by atoms with Crippen molar-refractivity contribution in [2.75, 3.05) is 6.61 Å². The van der Waals surface area contributed by atoms with Gasteiger partial charge in [0.15, 0.2) is 0 Å². The number of aromatic nitrogens is 2. The Balaban J connectivity index is 2.04. The van der Waals surface area contributed by atoms with Crippen LogP contribution in [0.3, 0.4) is 0 Å². The average Bonchev–Trinajstić information content (AvgIpc) is 3.12. The molecule has 2 aromatic carbocycles. The van der Waals surface area contributed by atoms with E-state index >= 15 is 0 Å². The van der Waals surface area contributed by atoms with Crippen LogP contribution in [-0.2, 0) is 4.84 Å². The molecule has 0 aliphatic rings. The second-order valence-electron chi connectivity index (χ2n) is 5.47. The topological polar surface area (TPSA) is 99.3 Å². The number of amides is 1.